The van der Waals surface area contributed by atoms with Crippen LogP contribution in [0.4, 0.5) is 13.2 Å². The van der Waals surface area contributed by atoms with Gasteiger partial charge in [-0.2, -0.15) is 18.4 Å². The molecule has 0 heterocycles. The maximum absolute atomic E-state index is 12.0. The van der Waals surface area contributed by atoms with Gasteiger partial charge in [0.25, 0.3) is 0 Å². The zero-order valence-corrected chi connectivity index (χ0v) is 8.23. The van der Waals surface area contributed by atoms with E-state index in [1.165, 1.54) is 6.92 Å². The minimum absolute atomic E-state index is 0.0838. The van der Waals surface area contributed by atoms with Gasteiger partial charge in [0.05, 0.1) is 12.6 Å². The Labute approximate surface area is 81.3 Å². The topological polar surface area (TPSA) is 53.0 Å². The molecule has 1 unspecified atom stereocenters. The van der Waals surface area contributed by atoms with E-state index < -0.39 is 18.3 Å². The van der Waals surface area contributed by atoms with Crippen LogP contribution in [0.2, 0.25) is 0 Å². The number of rotatable bonds is 4. The largest absolute Gasteiger partial charge is 0.401 e. The Morgan fingerprint density at radius 1 is 1.36 bits per heavy atom. The van der Waals surface area contributed by atoms with Crippen LogP contribution in [0.1, 0.15) is 13.8 Å². The maximum atomic E-state index is 12.0. The van der Waals surface area contributed by atoms with Gasteiger partial charge in [-0.05, 0) is 13.5 Å². The van der Waals surface area contributed by atoms with E-state index in [1.54, 1.807) is 13.0 Å². The van der Waals surface area contributed by atoms with Crippen LogP contribution in [-0.4, -0.2) is 36.2 Å². The molecule has 0 rings (SSSR count). The standard InChI is InChI=1S/C8H14F3N3/c1-3-14(6-8(9,10)11)5-7(2,13)4-12/h3,5-6,13H2,1-2H3. The number of likely N-dealkylation sites (N-methyl/N-ethyl adjacent to an activating group) is 1. The highest BCUT2D eigenvalue weighted by atomic mass is 19.4. The molecule has 0 aromatic rings. The predicted octanol–water partition coefficient (Wildman–Crippen LogP) is 1.11. The normalized spacial score (nSPS) is 16.4. The molecule has 0 aromatic carbocycles. The molecule has 0 spiro atoms. The van der Waals surface area contributed by atoms with Crippen molar-refractivity contribution in [2.45, 2.75) is 25.6 Å². The monoisotopic (exact) mass is 209 g/mol. The van der Waals surface area contributed by atoms with Gasteiger partial charge in [0.1, 0.15) is 5.54 Å². The average Bonchev–Trinajstić information content (AvgIpc) is 2.00. The quantitative estimate of drug-likeness (QED) is 0.754. The lowest BCUT2D eigenvalue weighted by molar-refractivity contribution is -0.146. The third-order valence-electron chi connectivity index (χ3n) is 1.66. The average molecular weight is 209 g/mol. The highest BCUT2D eigenvalue weighted by molar-refractivity contribution is 5.03. The second-order valence-electron chi connectivity index (χ2n) is 3.45. The number of nitrogens with zero attached hydrogens (tertiary/aromatic N) is 2. The second-order valence-corrected chi connectivity index (χ2v) is 3.45. The Kier molecular flexibility index (Phi) is 4.36. The van der Waals surface area contributed by atoms with E-state index in [0.717, 1.165) is 4.90 Å². The molecule has 0 aromatic heterocycles. The van der Waals surface area contributed by atoms with E-state index in [0.29, 0.717) is 0 Å². The fraction of sp³-hybridized carbons (Fsp3) is 0.875. The third-order valence-corrected chi connectivity index (χ3v) is 1.66. The molecule has 6 heteroatoms. The van der Waals surface area contributed by atoms with Crippen molar-refractivity contribution < 1.29 is 13.2 Å². The van der Waals surface area contributed by atoms with E-state index in [9.17, 15) is 13.2 Å². The molecule has 0 saturated carbocycles. The maximum Gasteiger partial charge on any atom is 0.401 e. The molecule has 1 atom stereocenters. The van der Waals surface area contributed by atoms with Crippen LogP contribution < -0.4 is 5.73 Å². The molecule has 0 bridgehead atoms. The predicted molar refractivity (Wildman–Crippen MR) is 46.4 cm³/mol. The van der Waals surface area contributed by atoms with Gasteiger partial charge >= 0.3 is 6.18 Å². The molecule has 0 radical (unpaired) electrons. The van der Waals surface area contributed by atoms with Crippen LogP contribution in [0.3, 0.4) is 0 Å². The van der Waals surface area contributed by atoms with E-state index in [1.807, 2.05) is 0 Å². The van der Waals surface area contributed by atoms with Crippen molar-refractivity contribution in [3.8, 4) is 6.07 Å². The number of nitrogens with two attached hydrogens (primary N) is 1. The molecular weight excluding hydrogens is 195 g/mol. The summed E-state index contributed by atoms with van der Waals surface area (Å²) in [6.45, 7) is 2.11. The molecule has 0 aliphatic carbocycles. The van der Waals surface area contributed by atoms with Crippen molar-refractivity contribution in [1.82, 2.24) is 4.90 Å². The highest BCUT2D eigenvalue weighted by Gasteiger charge is 2.32. The summed E-state index contributed by atoms with van der Waals surface area (Å²) in [7, 11) is 0. The Morgan fingerprint density at radius 3 is 2.14 bits per heavy atom. The summed E-state index contributed by atoms with van der Waals surface area (Å²) in [5.41, 5.74) is 4.21. The lowest BCUT2D eigenvalue weighted by Gasteiger charge is -2.27. The summed E-state index contributed by atoms with van der Waals surface area (Å²) >= 11 is 0. The smallest absolute Gasteiger partial charge is 0.313 e. The summed E-state index contributed by atoms with van der Waals surface area (Å²) in [5, 5.41) is 8.55. The molecule has 3 nitrogen and oxygen atoms in total. The SMILES string of the molecule is CCN(CC(F)(F)F)CC(C)(N)C#N. The van der Waals surface area contributed by atoms with Gasteiger partial charge in [-0.3, -0.25) is 4.90 Å². The van der Waals surface area contributed by atoms with Gasteiger partial charge in [0.2, 0.25) is 0 Å². The van der Waals surface area contributed by atoms with Crippen molar-refractivity contribution in [2.75, 3.05) is 19.6 Å². The second kappa shape index (κ2) is 4.62. The molecule has 82 valence electrons. The van der Waals surface area contributed by atoms with Gasteiger partial charge < -0.3 is 5.73 Å². The lowest BCUT2D eigenvalue weighted by atomic mass is 10.1. The first kappa shape index (κ1) is 13.2. The number of halogens is 3. The van der Waals surface area contributed by atoms with Gasteiger partial charge in [0, 0.05) is 6.54 Å². The van der Waals surface area contributed by atoms with Gasteiger partial charge in [-0.25, -0.2) is 0 Å². The highest BCUT2D eigenvalue weighted by Crippen LogP contribution is 2.17. The lowest BCUT2D eigenvalue weighted by Crippen LogP contribution is -2.49. The summed E-state index contributed by atoms with van der Waals surface area (Å²) in [5.74, 6) is 0. The number of hydrogen-bond acceptors (Lipinski definition) is 3. The molecular formula is C8H14F3N3. The minimum Gasteiger partial charge on any atom is -0.313 e. The fourth-order valence-electron chi connectivity index (χ4n) is 1.03. The Morgan fingerprint density at radius 2 is 1.86 bits per heavy atom. The number of nitriles is 1. The zero-order chi connectivity index (χ0) is 11.4. The molecule has 14 heavy (non-hydrogen) atoms. The van der Waals surface area contributed by atoms with Crippen molar-refractivity contribution in [1.29, 1.82) is 5.26 Å². The first-order valence-corrected chi connectivity index (χ1v) is 4.19. The summed E-state index contributed by atoms with van der Waals surface area (Å²) in [6, 6.07) is 1.76. The molecule has 2 N–H and O–H groups in total. The summed E-state index contributed by atoms with van der Waals surface area (Å²) in [4.78, 5) is 1.10. The van der Waals surface area contributed by atoms with Crippen LogP contribution in [0.25, 0.3) is 0 Å². The first-order chi connectivity index (χ1) is 6.20. The van der Waals surface area contributed by atoms with Crippen molar-refractivity contribution in [2.24, 2.45) is 5.73 Å². The fourth-order valence-corrected chi connectivity index (χ4v) is 1.03. The Balaban J connectivity index is 4.26. The molecule has 0 aliphatic rings. The van der Waals surface area contributed by atoms with E-state index >= 15 is 0 Å². The van der Waals surface area contributed by atoms with E-state index in [2.05, 4.69) is 0 Å². The molecule has 0 fully saturated rings. The number of hydrogen-bond donors (Lipinski definition) is 1. The third kappa shape index (κ3) is 5.78. The minimum atomic E-state index is -4.25. The molecule has 0 aliphatic heterocycles. The van der Waals surface area contributed by atoms with Crippen LogP contribution >= 0.6 is 0 Å². The van der Waals surface area contributed by atoms with E-state index in [4.69, 9.17) is 11.0 Å². The van der Waals surface area contributed by atoms with E-state index in [-0.39, 0.29) is 13.1 Å². The first-order valence-electron chi connectivity index (χ1n) is 4.19. The summed E-state index contributed by atoms with van der Waals surface area (Å²) in [6.07, 6.45) is -4.25. The summed E-state index contributed by atoms with van der Waals surface area (Å²) < 4.78 is 36.0. The van der Waals surface area contributed by atoms with Crippen molar-refractivity contribution >= 4 is 0 Å². The molecule has 0 amide bonds. The zero-order valence-electron chi connectivity index (χ0n) is 8.23. The van der Waals surface area contributed by atoms with Crippen LogP contribution in [0.15, 0.2) is 0 Å². The van der Waals surface area contributed by atoms with Gasteiger partial charge in [0.15, 0.2) is 0 Å². The van der Waals surface area contributed by atoms with Crippen molar-refractivity contribution in [3.63, 3.8) is 0 Å². The van der Waals surface area contributed by atoms with Crippen molar-refractivity contribution in [3.05, 3.63) is 0 Å². The van der Waals surface area contributed by atoms with Crippen LogP contribution in [0, 0.1) is 11.3 Å². The van der Waals surface area contributed by atoms with Crippen LogP contribution in [0.5, 0.6) is 0 Å². The number of alkyl halides is 3. The Hall–Kier alpha value is -0.800. The van der Waals surface area contributed by atoms with Crippen LogP contribution in [-0.2, 0) is 0 Å². The van der Waals surface area contributed by atoms with Gasteiger partial charge in [-0.1, -0.05) is 6.92 Å². The molecule has 0 saturated heterocycles. The van der Waals surface area contributed by atoms with Gasteiger partial charge in [-0.15, -0.1) is 0 Å². The Bertz CT molecular complexity index is 217.